The van der Waals surface area contributed by atoms with Gasteiger partial charge in [0.15, 0.2) is 0 Å². The summed E-state index contributed by atoms with van der Waals surface area (Å²) >= 11 is 0. The monoisotopic (exact) mass is 362 g/mol. The highest BCUT2D eigenvalue weighted by atomic mass is 31.1. The van der Waals surface area contributed by atoms with Crippen LogP contribution in [0.15, 0.2) is 5.11 Å². The summed E-state index contributed by atoms with van der Waals surface area (Å²) in [5.74, 6) is 0.289. The molecular weight excluding hydrogens is 331 g/mol. The number of quaternary nitrogens is 1. The molecule has 0 amide bonds. The summed E-state index contributed by atoms with van der Waals surface area (Å²) in [5, 5.41) is 3.82. The zero-order valence-corrected chi connectivity index (χ0v) is 16.5. The first-order valence-corrected chi connectivity index (χ1v) is 9.86. The molecule has 1 aliphatic rings. The van der Waals surface area contributed by atoms with Crippen LogP contribution < -0.4 is 0 Å². The maximum absolute atomic E-state index is 12.4. The molecule has 0 bridgehead atoms. The van der Waals surface area contributed by atoms with E-state index in [1.807, 2.05) is 34.6 Å². The van der Waals surface area contributed by atoms with Gasteiger partial charge < -0.3 is 4.74 Å². The lowest BCUT2D eigenvalue weighted by Crippen LogP contribution is -2.49. The molecule has 0 aromatic rings. The molecule has 1 aliphatic heterocycles. The van der Waals surface area contributed by atoms with Crippen LogP contribution in [0.5, 0.6) is 0 Å². The van der Waals surface area contributed by atoms with Gasteiger partial charge >= 0.3 is 8.25 Å². The lowest BCUT2D eigenvalue weighted by atomic mass is 9.81. The van der Waals surface area contributed by atoms with Crippen molar-refractivity contribution in [3.8, 4) is 0 Å². The number of azide groups is 1. The van der Waals surface area contributed by atoms with Crippen LogP contribution in [0.1, 0.15) is 48.0 Å². The standard InChI is InChI=1S/C15H31N4O4P/c1-7-13-11(5)12(6)14(17-18-16)15(21-13)22-24(20)23-19(8-2,9-3)10-4/h11-15H,7-10H2,1-6H3/q+2/t11-,12-,13?,14?,15+/m0/s1. The summed E-state index contributed by atoms with van der Waals surface area (Å²) in [6.07, 6.45) is -0.0698. The fourth-order valence-electron chi connectivity index (χ4n) is 3.14. The van der Waals surface area contributed by atoms with Gasteiger partial charge in [-0.3, -0.25) is 0 Å². The van der Waals surface area contributed by atoms with Gasteiger partial charge in [-0.25, -0.2) is 0 Å². The van der Waals surface area contributed by atoms with E-state index in [4.69, 9.17) is 19.4 Å². The molecule has 8 nitrogen and oxygen atoms in total. The fraction of sp³-hybridized carbons (Fsp3) is 1.00. The fourth-order valence-corrected chi connectivity index (χ4v) is 4.15. The molecule has 0 aromatic heterocycles. The molecule has 0 saturated carbocycles. The highest BCUT2D eigenvalue weighted by Gasteiger charge is 2.48. The lowest BCUT2D eigenvalue weighted by Gasteiger charge is -2.40. The Morgan fingerprint density at radius 3 is 2.21 bits per heavy atom. The predicted octanol–water partition coefficient (Wildman–Crippen LogP) is 4.55. The van der Waals surface area contributed by atoms with Crippen molar-refractivity contribution in [2.24, 2.45) is 17.0 Å². The van der Waals surface area contributed by atoms with Gasteiger partial charge in [0.25, 0.3) is 0 Å². The third kappa shape index (κ3) is 4.88. The van der Waals surface area contributed by atoms with Gasteiger partial charge in [-0.15, -0.1) is 4.65 Å². The molecule has 1 saturated heterocycles. The van der Waals surface area contributed by atoms with Gasteiger partial charge in [-0.2, -0.15) is 0 Å². The van der Waals surface area contributed by atoms with Crippen LogP contribution in [0, 0.1) is 11.8 Å². The molecule has 0 radical (unpaired) electrons. The minimum absolute atomic E-state index is 0.0266. The van der Waals surface area contributed by atoms with Crippen molar-refractivity contribution in [3.05, 3.63) is 10.4 Å². The summed E-state index contributed by atoms with van der Waals surface area (Å²) < 4.78 is 29.8. The van der Waals surface area contributed by atoms with Gasteiger partial charge in [0, 0.05) is 9.48 Å². The maximum atomic E-state index is 12.4. The molecule has 1 rings (SSSR count). The molecule has 1 heterocycles. The van der Waals surface area contributed by atoms with E-state index in [0.717, 1.165) is 6.42 Å². The second-order valence-electron chi connectivity index (χ2n) is 6.28. The predicted molar refractivity (Wildman–Crippen MR) is 91.9 cm³/mol. The van der Waals surface area contributed by atoms with Crippen molar-refractivity contribution in [1.82, 2.24) is 0 Å². The first-order valence-electron chi connectivity index (χ1n) is 8.77. The third-order valence-electron chi connectivity index (χ3n) is 5.29. The van der Waals surface area contributed by atoms with Crippen LogP contribution >= 0.6 is 8.25 Å². The van der Waals surface area contributed by atoms with Crippen LogP contribution in [-0.4, -0.2) is 42.7 Å². The topological polar surface area (TPSA) is 93.5 Å². The van der Waals surface area contributed by atoms with E-state index >= 15 is 0 Å². The van der Waals surface area contributed by atoms with Crippen LogP contribution in [-0.2, 0) is 18.5 Å². The third-order valence-corrected chi connectivity index (χ3v) is 6.15. The Bertz CT molecular complexity index is 460. The Hall–Kier alpha value is -0.750. The quantitative estimate of drug-likeness (QED) is 0.150. The molecule has 0 N–H and O–H groups in total. The Kier molecular flexibility index (Phi) is 8.57. The van der Waals surface area contributed by atoms with Crippen molar-refractivity contribution < 1.29 is 23.1 Å². The first kappa shape index (κ1) is 21.3. The van der Waals surface area contributed by atoms with E-state index in [-0.39, 0.29) is 22.6 Å². The number of hydrogen-bond acceptors (Lipinski definition) is 5. The van der Waals surface area contributed by atoms with E-state index in [0.29, 0.717) is 19.6 Å². The molecule has 24 heavy (non-hydrogen) atoms. The van der Waals surface area contributed by atoms with E-state index < -0.39 is 20.6 Å². The number of hydrogen-bond donors (Lipinski definition) is 0. The molecule has 0 spiro atoms. The van der Waals surface area contributed by atoms with Gasteiger partial charge in [0.2, 0.25) is 6.29 Å². The second kappa shape index (κ2) is 9.66. The van der Waals surface area contributed by atoms with Gasteiger partial charge in [-0.1, -0.05) is 30.4 Å². The van der Waals surface area contributed by atoms with Crippen LogP contribution in [0.4, 0.5) is 0 Å². The number of ether oxygens (including phenoxy) is 1. The molecule has 3 unspecified atom stereocenters. The molecule has 9 heteroatoms. The number of nitrogens with zero attached hydrogens (tertiary/aromatic N) is 4. The minimum atomic E-state index is -2.39. The molecule has 0 aromatic carbocycles. The second-order valence-corrected chi connectivity index (χ2v) is 7.10. The summed E-state index contributed by atoms with van der Waals surface area (Å²) in [6, 6.07) is -0.526. The smallest absolute Gasteiger partial charge is 0.344 e. The van der Waals surface area contributed by atoms with Crippen molar-refractivity contribution in [2.75, 3.05) is 19.6 Å². The highest BCUT2D eigenvalue weighted by Crippen LogP contribution is 2.40. The van der Waals surface area contributed by atoms with Crippen molar-refractivity contribution in [3.63, 3.8) is 0 Å². The van der Waals surface area contributed by atoms with Crippen LogP contribution in [0.25, 0.3) is 10.4 Å². The Morgan fingerprint density at radius 1 is 1.17 bits per heavy atom. The molecule has 0 aliphatic carbocycles. The maximum Gasteiger partial charge on any atom is 0.753 e. The Morgan fingerprint density at radius 2 is 1.75 bits per heavy atom. The largest absolute Gasteiger partial charge is 0.753 e. The number of rotatable bonds is 9. The summed E-state index contributed by atoms with van der Waals surface area (Å²) in [7, 11) is -2.39. The Balaban J connectivity index is 2.88. The van der Waals surface area contributed by atoms with Crippen LogP contribution in [0.3, 0.4) is 0 Å². The van der Waals surface area contributed by atoms with Crippen LogP contribution in [0.2, 0.25) is 0 Å². The van der Waals surface area contributed by atoms with Gasteiger partial charge in [0.1, 0.15) is 19.6 Å². The zero-order valence-electron chi connectivity index (χ0n) is 15.6. The van der Waals surface area contributed by atoms with Crippen molar-refractivity contribution in [1.29, 1.82) is 0 Å². The SMILES string of the molecule is CCC1O[C@H](O[P+](=O)O[N+](CC)(CC)CC)C(N=[N+]=[N-])[C@@H](C)[C@@H]1C. The average Bonchev–Trinajstić information content (AvgIpc) is 2.59. The summed E-state index contributed by atoms with van der Waals surface area (Å²) in [6.45, 7) is 14.1. The van der Waals surface area contributed by atoms with Gasteiger partial charge in [-0.05, 0) is 44.6 Å². The number of hydroxylamine groups is 3. The van der Waals surface area contributed by atoms with E-state index in [9.17, 15) is 4.57 Å². The normalized spacial score (nSPS) is 31.4. The minimum Gasteiger partial charge on any atom is -0.344 e. The van der Waals surface area contributed by atoms with E-state index in [1.165, 1.54) is 0 Å². The van der Waals surface area contributed by atoms with Crippen molar-refractivity contribution in [2.45, 2.75) is 66.4 Å². The molecule has 1 fully saturated rings. The molecule has 138 valence electrons. The highest BCUT2D eigenvalue weighted by molar-refractivity contribution is 7.33. The average molecular weight is 362 g/mol. The Labute approximate surface area is 145 Å². The lowest BCUT2D eigenvalue weighted by molar-refractivity contribution is -1.08. The van der Waals surface area contributed by atoms with E-state index in [1.54, 1.807) is 0 Å². The van der Waals surface area contributed by atoms with E-state index in [2.05, 4.69) is 16.9 Å². The molecule has 6 atom stereocenters. The van der Waals surface area contributed by atoms with Gasteiger partial charge in [0.05, 0.1) is 16.8 Å². The summed E-state index contributed by atoms with van der Waals surface area (Å²) in [5.41, 5.74) is 8.84. The first-order chi connectivity index (χ1) is 11.4. The summed E-state index contributed by atoms with van der Waals surface area (Å²) in [4.78, 5) is 2.90. The zero-order chi connectivity index (χ0) is 18.3. The van der Waals surface area contributed by atoms with Crippen molar-refractivity contribution >= 4 is 8.25 Å². The molecular formula is C15H31N4O4P+2.